The maximum Gasteiger partial charge on any atom is 0.244 e. The monoisotopic (exact) mass is 385 g/mol. The van der Waals surface area contributed by atoms with E-state index in [9.17, 15) is 8.42 Å². The van der Waals surface area contributed by atoms with Gasteiger partial charge in [-0.05, 0) is 51.3 Å². The number of aromatic amines is 1. The first-order chi connectivity index (χ1) is 10.3. The number of hydrogen-bond donors (Lipinski definition) is 2. The van der Waals surface area contributed by atoms with E-state index in [1.165, 1.54) is 5.56 Å². The molecule has 0 amide bonds. The second kappa shape index (κ2) is 6.93. The predicted molar refractivity (Wildman–Crippen MR) is 90.3 cm³/mol. The average Bonchev–Trinajstić information content (AvgIpc) is 2.77. The van der Waals surface area contributed by atoms with Crippen molar-refractivity contribution in [3.05, 3.63) is 45.7 Å². The number of sulfonamides is 1. The highest BCUT2D eigenvalue weighted by Gasteiger charge is 2.23. The van der Waals surface area contributed by atoms with Crippen molar-refractivity contribution in [2.24, 2.45) is 0 Å². The Morgan fingerprint density at radius 3 is 2.45 bits per heavy atom. The number of aromatic nitrogens is 2. The molecule has 1 atom stereocenters. The van der Waals surface area contributed by atoms with Crippen LogP contribution in [0.25, 0.3) is 0 Å². The van der Waals surface area contributed by atoms with Crippen molar-refractivity contribution in [2.75, 3.05) is 0 Å². The first kappa shape index (κ1) is 17.2. The number of H-pyrrole nitrogens is 1. The molecular formula is C15H20BrN3O2S. The molecule has 120 valence electrons. The zero-order valence-electron chi connectivity index (χ0n) is 12.9. The summed E-state index contributed by atoms with van der Waals surface area (Å²) in [6.45, 7) is 5.27. The zero-order valence-corrected chi connectivity index (χ0v) is 15.3. The molecule has 0 radical (unpaired) electrons. The number of aryl methyl sites for hydroxylation is 3. The standard InChI is InChI=1S/C15H20BrN3O2S/c1-10(4-5-13-6-8-14(16)9-7-13)19-22(20,21)15-11(2)17-18-12(15)3/h6-10,19H,4-5H2,1-3H3,(H,17,18). The van der Waals surface area contributed by atoms with E-state index >= 15 is 0 Å². The second-order valence-corrected chi connectivity index (χ2v) is 8.02. The number of nitrogens with one attached hydrogen (secondary N) is 2. The molecule has 5 nitrogen and oxygen atoms in total. The van der Waals surface area contributed by atoms with Gasteiger partial charge in [-0.2, -0.15) is 5.10 Å². The molecule has 1 aromatic carbocycles. The van der Waals surface area contributed by atoms with Crippen LogP contribution in [0.1, 0.15) is 30.3 Å². The maximum absolute atomic E-state index is 12.4. The highest BCUT2D eigenvalue weighted by Crippen LogP contribution is 2.18. The predicted octanol–water partition coefficient (Wildman–Crippen LogP) is 3.09. The van der Waals surface area contributed by atoms with Crippen molar-refractivity contribution in [1.82, 2.24) is 14.9 Å². The molecule has 22 heavy (non-hydrogen) atoms. The molecule has 2 N–H and O–H groups in total. The molecule has 2 aromatic rings. The molecule has 2 rings (SSSR count). The maximum atomic E-state index is 12.4. The molecule has 0 spiro atoms. The number of nitrogens with zero attached hydrogens (tertiary/aromatic N) is 1. The van der Waals surface area contributed by atoms with Crippen LogP contribution < -0.4 is 4.72 Å². The van der Waals surface area contributed by atoms with Gasteiger partial charge in [-0.15, -0.1) is 0 Å². The first-order valence-electron chi connectivity index (χ1n) is 7.08. The lowest BCUT2D eigenvalue weighted by atomic mass is 10.1. The smallest absolute Gasteiger partial charge is 0.244 e. The second-order valence-electron chi connectivity index (χ2n) is 5.45. The molecule has 0 saturated carbocycles. The van der Waals surface area contributed by atoms with Crippen LogP contribution in [0, 0.1) is 13.8 Å². The lowest BCUT2D eigenvalue weighted by molar-refractivity contribution is 0.546. The van der Waals surface area contributed by atoms with E-state index in [-0.39, 0.29) is 10.9 Å². The summed E-state index contributed by atoms with van der Waals surface area (Å²) in [4.78, 5) is 0.253. The van der Waals surface area contributed by atoms with Crippen LogP contribution in [-0.4, -0.2) is 24.7 Å². The molecule has 7 heteroatoms. The van der Waals surface area contributed by atoms with Gasteiger partial charge in [-0.1, -0.05) is 28.1 Å². The van der Waals surface area contributed by atoms with E-state index in [1.54, 1.807) is 13.8 Å². The molecule has 1 aromatic heterocycles. The molecule has 0 aliphatic heterocycles. The molecule has 0 fully saturated rings. The third-order valence-corrected chi connectivity index (χ3v) is 5.85. The average molecular weight is 386 g/mol. The summed E-state index contributed by atoms with van der Waals surface area (Å²) in [6.07, 6.45) is 1.55. The molecule has 1 heterocycles. The van der Waals surface area contributed by atoms with Crippen LogP contribution in [0.5, 0.6) is 0 Å². The molecule has 0 aliphatic rings. The van der Waals surface area contributed by atoms with Crippen molar-refractivity contribution in [1.29, 1.82) is 0 Å². The van der Waals surface area contributed by atoms with E-state index < -0.39 is 10.0 Å². The van der Waals surface area contributed by atoms with Gasteiger partial charge in [-0.25, -0.2) is 13.1 Å². The van der Waals surface area contributed by atoms with Crippen LogP contribution in [0.15, 0.2) is 33.6 Å². The van der Waals surface area contributed by atoms with E-state index in [4.69, 9.17) is 0 Å². The SMILES string of the molecule is Cc1n[nH]c(C)c1S(=O)(=O)NC(C)CCc1ccc(Br)cc1. The lowest BCUT2D eigenvalue weighted by Crippen LogP contribution is -2.33. The van der Waals surface area contributed by atoms with Gasteiger partial charge in [0.25, 0.3) is 0 Å². The van der Waals surface area contributed by atoms with Crippen LogP contribution in [0.4, 0.5) is 0 Å². The topological polar surface area (TPSA) is 74.8 Å². The van der Waals surface area contributed by atoms with E-state index in [0.717, 1.165) is 17.3 Å². The van der Waals surface area contributed by atoms with Crippen molar-refractivity contribution >= 4 is 26.0 Å². The summed E-state index contributed by atoms with van der Waals surface area (Å²) in [7, 11) is -3.54. The molecular weight excluding hydrogens is 366 g/mol. The van der Waals surface area contributed by atoms with Crippen molar-refractivity contribution in [3.63, 3.8) is 0 Å². The third-order valence-electron chi connectivity index (χ3n) is 3.46. The van der Waals surface area contributed by atoms with Crippen molar-refractivity contribution < 1.29 is 8.42 Å². The van der Waals surface area contributed by atoms with Gasteiger partial charge >= 0.3 is 0 Å². The molecule has 0 bridgehead atoms. The van der Waals surface area contributed by atoms with Gasteiger partial charge in [0.1, 0.15) is 4.90 Å². The molecule has 1 unspecified atom stereocenters. The Bertz CT molecular complexity index is 719. The van der Waals surface area contributed by atoms with Crippen molar-refractivity contribution in [3.8, 4) is 0 Å². The highest BCUT2D eigenvalue weighted by molar-refractivity contribution is 9.10. The summed E-state index contributed by atoms with van der Waals surface area (Å²) in [6, 6.07) is 7.90. The minimum absolute atomic E-state index is 0.151. The number of halogens is 1. The Balaban J connectivity index is 1.99. The fourth-order valence-corrected chi connectivity index (χ4v) is 4.27. The fraction of sp³-hybridized carbons (Fsp3) is 0.400. The molecule has 0 saturated heterocycles. The summed E-state index contributed by atoms with van der Waals surface area (Å²) >= 11 is 3.40. The Morgan fingerprint density at radius 2 is 1.91 bits per heavy atom. The van der Waals surface area contributed by atoms with Crippen LogP contribution in [0.3, 0.4) is 0 Å². The molecule has 0 aliphatic carbocycles. The van der Waals surface area contributed by atoms with E-state index in [1.807, 2.05) is 31.2 Å². The summed E-state index contributed by atoms with van der Waals surface area (Å²) < 4.78 is 28.6. The highest BCUT2D eigenvalue weighted by atomic mass is 79.9. The fourth-order valence-electron chi connectivity index (χ4n) is 2.35. The normalized spacial score (nSPS) is 13.3. The Hall–Kier alpha value is -1.18. The Labute approximate surface area is 139 Å². The first-order valence-corrected chi connectivity index (χ1v) is 9.35. The lowest BCUT2D eigenvalue weighted by Gasteiger charge is -2.14. The van der Waals surface area contributed by atoms with Crippen molar-refractivity contribution in [2.45, 2.75) is 44.6 Å². The summed E-state index contributed by atoms with van der Waals surface area (Å²) in [5.74, 6) is 0. The van der Waals surface area contributed by atoms with Gasteiger partial charge < -0.3 is 0 Å². The quantitative estimate of drug-likeness (QED) is 0.801. The van der Waals surface area contributed by atoms with Crippen LogP contribution in [-0.2, 0) is 16.4 Å². The van der Waals surface area contributed by atoms with E-state index in [0.29, 0.717) is 11.4 Å². The summed E-state index contributed by atoms with van der Waals surface area (Å²) in [5, 5.41) is 6.65. The minimum Gasteiger partial charge on any atom is -0.281 e. The zero-order chi connectivity index (χ0) is 16.3. The summed E-state index contributed by atoms with van der Waals surface area (Å²) in [5.41, 5.74) is 2.24. The van der Waals surface area contributed by atoms with E-state index in [2.05, 4.69) is 30.8 Å². The third kappa shape index (κ3) is 4.18. The number of hydrogen-bond acceptors (Lipinski definition) is 3. The van der Waals surface area contributed by atoms with Gasteiger partial charge in [-0.3, -0.25) is 5.10 Å². The number of rotatable bonds is 6. The minimum atomic E-state index is -3.54. The van der Waals surface area contributed by atoms with Gasteiger partial charge in [0.2, 0.25) is 10.0 Å². The van der Waals surface area contributed by atoms with Crippen LogP contribution >= 0.6 is 15.9 Å². The van der Waals surface area contributed by atoms with Gasteiger partial charge in [0, 0.05) is 10.5 Å². The largest absolute Gasteiger partial charge is 0.281 e. The van der Waals surface area contributed by atoms with Crippen LogP contribution in [0.2, 0.25) is 0 Å². The Kier molecular flexibility index (Phi) is 5.41. The number of benzene rings is 1. The van der Waals surface area contributed by atoms with Gasteiger partial charge in [0.15, 0.2) is 0 Å². The van der Waals surface area contributed by atoms with Gasteiger partial charge in [0.05, 0.1) is 11.4 Å². The Morgan fingerprint density at radius 1 is 1.27 bits per heavy atom.